The Morgan fingerprint density at radius 3 is 1.86 bits per heavy atom. The van der Waals surface area contributed by atoms with Crippen molar-refractivity contribution in [2.45, 2.75) is 102 Å². The lowest BCUT2D eigenvalue weighted by Gasteiger charge is -2.53. The van der Waals surface area contributed by atoms with Gasteiger partial charge in [-0.3, -0.25) is 0 Å². The van der Waals surface area contributed by atoms with E-state index in [0.29, 0.717) is 0 Å². The molecule has 1 nitrogen and oxygen atoms in total. The minimum atomic E-state index is -0.737. The smallest absolute Gasteiger partial charge is 0.140 e. The Bertz CT molecular complexity index is 283. The normalized spacial score (nSPS) is 23.0. The monoisotopic (exact) mass is 291 g/mol. The van der Waals surface area contributed by atoms with Crippen molar-refractivity contribution in [2.75, 3.05) is 7.11 Å². The summed E-state index contributed by atoms with van der Waals surface area (Å²) in [6.07, 6.45) is 19.8. The molecule has 0 aromatic rings. The molecule has 2 rings (SSSR count). The van der Waals surface area contributed by atoms with Crippen LogP contribution in [0.2, 0.25) is 11.6 Å². The van der Waals surface area contributed by atoms with E-state index >= 15 is 0 Å². The van der Waals surface area contributed by atoms with Gasteiger partial charge in [0.2, 0.25) is 0 Å². The van der Waals surface area contributed by atoms with Crippen molar-refractivity contribution < 1.29 is 4.65 Å². The Balaban J connectivity index is 2.14. The van der Waals surface area contributed by atoms with Crippen LogP contribution in [-0.4, -0.2) is 13.5 Å². The van der Waals surface area contributed by atoms with E-state index in [2.05, 4.69) is 19.0 Å². The molecule has 0 radical (unpaired) electrons. The fourth-order valence-electron chi connectivity index (χ4n) is 5.10. The molecule has 0 spiro atoms. The van der Waals surface area contributed by atoms with Gasteiger partial charge in [0.25, 0.3) is 0 Å². The highest BCUT2D eigenvalue weighted by Gasteiger charge is 2.38. The van der Waals surface area contributed by atoms with Gasteiger partial charge in [0.05, 0.1) is 0 Å². The van der Waals surface area contributed by atoms with Crippen molar-refractivity contribution in [1.82, 2.24) is 0 Å². The van der Waals surface area contributed by atoms with Crippen LogP contribution in [0.5, 0.6) is 0 Å². The van der Waals surface area contributed by atoms with E-state index in [1.165, 1.54) is 83.5 Å². The van der Waals surface area contributed by atoms with Crippen molar-refractivity contribution in [1.29, 1.82) is 0 Å². The third-order valence-electron chi connectivity index (χ3n) is 6.34. The Hall–Kier alpha value is -0.235. The fourth-order valence-corrected chi connectivity index (χ4v) is 5.10. The Morgan fingerprint density at radius 1 is 0.905 bits per heavy atom. The molecule has 0 aliphatic heterocycles. The highest BCUT2D eigenvalue weighted by atomic mass is 16.4. The summed E-state index contributed by atoms with van der Waals surface area (Å²) in [5.41, 5.74) is 0. The van der Waals surface area contributed by atoms with Crippen LogP contribution in [0.1, 0.15) is 90.4 Å². The zero-order valence-electron chi connectivity index (χ0n) is 14.5. The first-order valence-corrected chi connectivity index (χ1v) is 9.73. The molecular weight excluding hydrogens is 255 g/mol. The van der Waals surface area contributed by atoms with Crippen LogP contribution in [0.15, 0.2) is 12.1 Å². The van der Waals surface area contributed by atoms with Gasteiger partial charge in [0.15, 0.2) is 0 Å². The molecule has 0 N–H and O–H groups in total. The SMILES string of the molecule is CCCC/C=C\[B-](OC)(C1CCCCC1)C1CCCCC1. The van der Waals surface area contributed by atoms with Gasteiger partial charge in [-0.1, -0.05) is 84.0 Å². The molecule has 0 atom stereocenters. The first-order valence-electron chi connectivity index (χ1n) is 9.73. The predicted molar refractivity (Wildman–Crippen MR) is 95.1 cm³/mol. The summed E-state index contributed by atoms with van der Waals surface area (Å²) in [4.78, 5) is 0. The molecule has 21 heavy (non-hydrogen) atoms. The second-order valence-corrected chi connectivity index (χ2v) is 7.59. The van der Waals surface area contributed by atoms with Crippen LogP contribution >= 0.6 is 0 Å². The third-order valence-corrected chi connectivity index (χ3v) is 6.34. The lowest BCUT2D eigenvalue weighted by atomic mass is 9.23. The van der Waals surface area contributed by atoms with Crippen LogP contribution in [0.4, 0.5) is 0 Å². The molecular formula is C19H36BO-. The highest BCUT2D eigenvalue weighted by Crippen LogP contribution is 2.49. The molecule has 0 unspecified atom stereocenters. The molecule has 0 aromatic heterocycles. The molecule has 0 bridgehead atoms. The van der Waals surface area contributed by atoms with Gasteiger partial charge in [-0.15, -0.1) is 17.7 Å². The molecule has 2 aliphatic carbocycles. The van der Waals surface area contributed by atoms with Gasteiger partial charge in [-0.05, 0) is 13.5 Å². The van der Waals surface area contributed by atoms with E-state index < -0.39 is 6.35 Å². The summed E-state index contributed by atoms with van der Waals surface area (Å²) in [6, 6.07) is 0. The van der Waals surface area contributed by atoms with Crippen molar-refractivity contribution >= 4 is 6.35 Å². The third kappa shape index (κ3) is 4.37. The molecule has 0 amide bonds. The zero-order valence-corrected chi connectivity index (χ0v) is 14.5. The standard InChI is InChI=1S/C19H36BO/c1-3-4-5-12-17-20(21-2,18-13-8-6-9-14-18)19-15-10-7-11-16-19/h12,17-19H,3-11,13-16H2,1-2H3/q-1/b17-12-. The van der Waals surface area contributed by atoms with E-state index in [9.17, 15) is 0 Å². The average Bonchev–Trinajstić information content (AvgIpc) is 2.57. The highest BCUT2D eigenvalue weighted by molar-refractivity contribution is 6.81. The van der Waals surface area contributed by atoms with Crippen LogP contribution < -0.4 is 0 Å². The van der Waals surface area contributed by atoms with Gasteiger partial charge in [0.1, 0.15) is 6.35 Å². The average molecular weight is 291 g/mol. The van der Waals surface area contributed by atoms with Crippen LogP contribution in [0.3, 0.4) is 0 Å². The molecule has 2 heteroatoms. The quantitative estimate of drug-likeness (QED) is 0.382. The summed E-state index contributed by atoms with van der Waals surface area (Å²) < 4.78 is 6.37. The minimum Gasteiger partial charge on any atom is -0.588 e. The topological polar surface area (TPSA) is 9.23 Å². The summed E-state index contributed by atoms with van der Waals surface area (Å²) in [5, 5.41) is 0. The van der Waals surface area contributed by atoms with Crippen molar-refractivity contribution in [2.24, 2.45) is 0 Å². The second kappa shape index (κ2) is 9.03. The summed E-state index contributed by atoms with van der Waals surface area (Å²) in [5.74, 6) is 4.22. The first-order chi connectivity index (χ1) is 10.3. The maximum absolute atomic E-state index is 6.37. The molecule has 0 heterocycles. The van der Waals surface area contributed by atoms with E-state index in [1.54, 1.807) is 0 Å². The van der Waals surface area contributed by atoms with E-state index in [0.717, 1.165) is 11.6 Å². The zero-order chi connectivity index (χ0) is 15.0. The van der Waals surface area contributed by atoms with E-state index in [4.69, 9.17) is 4.65 Å². The molecule has 0 saturated heterocycles. The fraction of sp³-hybridized carbons (Fsp3) is 0.895. The van der Waals surface area contributed by atoms with E-state index in [1.807, 2.05) is 7.11 Å². The van der Waals surface area contributed by atoms with Crippen molar-refractivity contribution in [3.8, 4) is 0 Å². The van der Waals surface area contributed by atoms with Gasteiger partial charge >= 0.3 is 0 Å². The molecule has 2 aliphatic rings. The van der Waals surface area contributed by atoms with Crippen molar-refractivity contribution in [3.63, 3.8) is 0 Å². The van der Waals surface area contributed by atoms with Crippen LogP contribution in [0.25, 0.3) is 0 Å². The summed E-state index contributed by atoms with van der Waals surface area (Å²) in [7, 11) is 2.01. The van der Waals surface area contributed by atoms with Gasteiger partial charge in [-0.25, -0.2) is 5.98 Å². The largest absolute Gasteiger partial charge is 0.588 e. The summed E-state index contributed by atoms with van der Waals surface area (Å²) in [6.45, 7) is 2.28. The Kier molecular flexibility index (Phi) is 7.36. The Morgan fingerprint density at radius 2 is 1.43 bits per heavy atom. The number of hydrogen-bond acceptors (Lipinski definition) is 1. The number of hydrogen-bond donors (Lipinski definition) is 0. The summed E-state index contributed by atoms with van der Waals surface area (Å²) >= 11 is 0. The van der Waals surface area contributed by atoms with Crippen molar-refractivity contribution in [3.05, 3.63) is 12.1 Å². The van der Waals surface area contributed by atoms with Crippen LogP contribution in [-0.2, 0) is 4.65 Å². The Labute approximate surface area is 132 Å². The van der Waals surface area contributed by atoms with Gasteiger partial charge in [-0.2, -0.15) is 0 Å². The first kappa shape index (κ1) is 17.1. The lowest BCUT2D eigenvalue weighted by Crippen LogP contribution is -2.47. The molecule has 2 saturated carbocycles. The minimum absolute atomic E-state index is 0.737. The number of rotatable bonds is 7. The van der Waals surface area contributed by atoms with Crippen LogP contribution in [0, 0.1) is 0 Å². The molecule has 0 aromatic carbocycles. The van der Waals surface area contributed by atoms with Gasteiger partial charge < -0.3 is 4.65 Å². The maximum Gasteiger partial charge on any atom is 0.140 e. The molecule has 122 valence electrons. The predicted octanol–water partition coefficient (Wildman–Crippen LogP) is 6.53. The number of allylic oxidation sites excluding steroid dienone is 1. The number of unbranched alkanes of at least 4 members (excludes halogenated alkanes) is 2. The maximum atomic E-state index is 6.37. The second-order valence-electron chi connectivity index (χ2n) is 7.59. The van der Waals surface area contributed by atoms with Gasteiger partial charge in [0, 0.05) is 0 Å². The van der Waals surface area contributed by atoms with E-state index in [-0.39, 0.29) is 0 Å². The lowest BCUT2D eigenvalue weighted by molar-refractivity contribution is 0.329. The molecule has 2 fully saturated rings.